The van der Waals surface area contributed by atoms with Crippen LogP contribution in [0, 0.1) is 5.92 Å². The molecule has 1 N–H and O–H groups in total. The van der Waals surface area contributed by atoms with Gasteiger partial charge in [0.05, 0.1) is 5.92 Å². The molecule has 1 fully saturated rings. The number of rotatable bonds is 4. The summed E-state index contributed by atoms with van der Waals surface area (Å²) >= 11 is 0. The van der Waals surface area contributed by atoms with Crippen LogP contribution in [0.5, 0.6) is 11.7 Å². The van der Waals surface area contributed by atoms with Crippen molar-refractivity contribution < 1.29 is 23.8 Å². The van der Waals surface area contributed by atoms with E-state index in [0.29, 0.717) is 18.6 Å². The van der Waals surface area contributed by atoms with E-state index in [1.54, 1.807) is 29.2 Å². The van der Waals surface area contributed by atoms with Crippen LogP contribution in [-0.2, 0) is 4.79 Å². The van der Waals surface area contributed by atoms with Gasteiger partial charge in [-0.15, -0.1) is 0 Å². The quantitative estimate of drug-likeness (QED) is 0.930. The highest BCUT2D eigenvalue weighted by Gasteiger charge is 2.34. The van der Waals surface area contributed by atoms with Gasteiger partial charge < -0.3 is 19.2 Å². The molecule has 1 aliphatic rings. The summed E-state index contributed by atoms with van der Waals surface area (Å²) in [5, 5.41) is 9.18. The van der Waals surface area contributed by atoms with Crippen LogP contribution in [0.3, 0.4) is 0 Å². The van der Waals surface area contributed by atoms with Crippen molar-refractivity contribution in [2.45, 2.75) is 25.8 Å². The van der Waals surface area contributed by atoms with E-state index >= 15 is 0 Å². The third-order valence-corrected chi connectivity index (χ3v) is 4.25. The first-order valence-electron chi connectivity index (χ1n) is 7.91. The van der Waals surface area contributed by atoms with Gasteiger partial charge in [0.1, 0.15) is 5.75 Å². The summed E-state index contributed by atoms with van der Waals surface area (Å²) < 4.78 is 11.0. The maximum Gasteiger partial charge on any atom is 0.308 e. The van der Waals surface area contributed by atoms with Crippen molar-refractivity contribution in [2.75, 3.05) is 6.54 Å². The van der Waals surface area contributed by atoms with Crippen molar-refractivity contribution in [3.63, 3.8) is 0 Å². The van der Waals surface area contributed by atoms with Crippen LogP contribution in [0.15, 0.2) is 46.9 Å². The second-order valence-corrected chi connectivity index (χ2v) is 5.95. The molecule has 1 amide bonds. The number of likely N-dealkylation sites (tertiary alicyclic amines) is 1. The van der Waals surface area contributed by atoms with Crippen LogP contribution in [0.1, 0.15) is 30.3 Å². The molecular formula is C18H19NO5. The molecule has 1 saturated heterocycles. The van der Waals surface area contributed by atoms with Gasteiger partial charge in [-0.2, -0.15) is 0 Å². The topological polar surface area (TPSA) is 80.0 Å². The third kappa shape index (κ3) is 3.42. The third-order valence-electron chi connectivity index (χ3n) is 4.25. The Morgan fingerprint density at radius 1 is 1.17 bits per heavy atom. The predicted octanol–water partition coefficient (Wildman–Crippen LogP) is 3.40. The Morgan fingerprint density at radius 3 is 2.62 bits per heavy atom. The van der Waals surface area contributed by atoms with Crippen LogP contribution in [-0.4, -0.2) is 34.5 Å². The Bertz CT molecular complexity index is 724. The number of benzene rings is 1. The fraction of sp³-hybridized carbons (Fsp3) is 0.333. The van der Waals surface area contributed by atoms with E-state index in [4.69, 9.17) is 9.15 Å². The molecule has 0 saturated carbocycles. The molecule has 1 aromatic carbocycles. The highest BCUT2D eigenvalue weighted by Crippen LogP contribution is 2.27. The Kier molecular flexibility index (Phi) is 4.55. The Hall–Kier alpha value is -2.76. The molecule has 2 unspecified atom stereocenters. The molecule has 0 spiro atoms. The first-order chi connectivity index (χ1) is 11.5. The van der Waals surface area contributed by atoms with Crippen molar-refractivity contribution >= 4 is 11.9 Å². The van der Waals surface area contributed by atoms with Crippen molar-refractivity contribution in [1.82, 2.24) is 4.90 Å². The highest BCUT2D eigenvalue weighted by molar-refractivity contribution is 5.92. The van der Waals surface area contributed by atoms with Gasteiger partial charge >= 0.3 is 5.97 Å². The zero-order chi connectivity index (χ0) is 17.1. The molecule has 2 heterocycles. The number of carboxylic acid groups (broad SMARTS) is 1. The lowest BCUT2D eigenvalue weighted by molar-refractivity contribution is -0.143. The molecule has 2 atom stereocenters. The van der Waals surface area contributed by atoms with Gasteiger partial charge in [-0.25, -0.2) is 0 Å². The molecule has 1 aromatic heterocycles. The number of piperidine rings is 1. The van der Waals surface area contributed by atoms with E-state index in [-0.39, 0.29) is 30.2 Å². The number of carboxylic acids is 1. The molecule has 3 rings (SSSR count). The molecular weight excluding hydrogens is 310 g/mol. The van der Waals surface area contributed by atoms with Gasteiger partial charge in [-0.3, -0.25) is 9.59 Å². The maximum atomic E-state index is 12.6. The standard InChI is InChI=1S/C18H19NO5/c1-12-7-8-13(18(21)22)11-19(12)17(20)15-9-10-16(24-15)23-14-5-3-2-4-6-14/h2-6,9-10,12-13H,7-8,11H2,1H3,(H,21,22). The van der Waals surface area contributed by atoms with Crippen LogP contribution in [0.2, 0.25) is 0 Å². The van der Waals surface area contributed by atoms with Crippen molar-refractivity contribution in [3.05, 3.63) is 48.2 Å². The van der Waals surface area contributed by atoms with Gasteiger partial charge in [0, 0.05) is 18.7 Å². The number of hydrogen-bond acceptors (Lipinski definition) is 4. The lowest BCUT2D eigenvalue weighted by Crippen LogP contribution is -2.47. The molecule has 0 bridgehead atoms. The number of furan rings is 1. The zero-order valence-corrected chi connectivity index (χ0v) is 13.3. The predicted molar refractivity (Wildman–Crippen MR) is 86.1 cm³/mol. The molecule has 6 nitrogen and oxygen atoms in total. The maximum absolute atomic E-state index is 12.6. The summed E-state index contributed by atoms with van der Waals surface area (Å²) in [5.41, 5.74) is 0. The second kappa shape index (κ2) is 6.78. The number of hydrogen-bond donors (Lipinski definition) is 1. The van der Waals surface area contributed by atoms with Crippen molar-refractivity contribution in [1.29, 1.82) is 0 Å². The van der Waals surface area contributed by atoms with Gasteiger partial charge in [0.25, 0.3) is 11.9 Å². The lowest BCUT2D eigenvalue weighted by Gasteiger charge is -2.35. The SMILES string of the molecule is CC1CCC(C(=O)O)CN1C(=O)c1ccc(Oc2ccccc2)o1. The normalized spacial score (nSPS) is 20.6. The van der Waals surface area contributed by atoms with E-state index in [0.717, 1.165) is 0 Å². The molecule has 0 radical (unpaired) electrons. The van der Waals surface area contributed by atoms with E-state index in [1.807, 2.05) is 25.1 Å². The number of amides is 1. The van der Waals surface area contributed by atoms with Crippen LogP contribution in [0.25, 0.3) is 0 Å². The minimum Gasteiger partial charge on any atom is -0.481 e. The molecule has 1 aliphatic heterocycles. The van der Waals surface area contributed by atoms with Crippen LogP contribution >= 0.6 is 0 Å². The largest absolute Gasteiger partial charge is 0.481 e. The summed E-state index contributed by atoms with van der Waals surface area (Å²) in [5.74, 6) is -0.713. The van der Waals surface area contributed by atoms with Gasteiger partial charge in [-0.1, -0.05) is 18.2 Å². The Morgan fingerprint density at radius 2 is 1.92 bits per heavy atom. The minimum atomic E-state index is -0.868. The fourth-order valence-electron chi connectivity index (χ4n) is 2.83. The molecule has 6 heteroatoms. The van der Waals surface area contributed by atoms with Crippen molar-refractivity contribution in [3.8, 4) is 11.7 Å². The van der Waals surface area contributed by atoms with Gasteiger partial charge in [0.15, 0.2) is 5.76 Å². The summed E-state index contributed by atoms with van der Waals surface area (Å²) in [6, 6.07) is 12.2. The monoisotopic (exact) mass is 329 g/mol. The molecule has 2 aromatic rings. The van der Waals surface area contributed by atoms with Crippen LogP contribution < -0.4 is 4.74 Å². The van der Waals surface area contributed by atoms with E-state index in [9.17, 15) is 14.7 Å². The summed E-state index contributed by atoms with van der Waals surface area (Å²) in [6.07, 6.45) is 1.25. The average Bonchev–Trinajstić information content (AvgIpc) is 3.04. The number of para-hydroxylation sites is 1. The molecule has 126 valence electrons. The first-order valence-corrected chi connectivity index (χ1v) is 7.91. The van der Waals surface area contributed by atoms with Gasteiger partial charge in [-0.05, 0) is 38.0 Å². The zero-order valence-electron chi connectivity index (χ0n) is 13.3. The van der Waals surface area contributed by atoms with E-state index < -0.39 is 11.9 Å². The number of carbonyl (C=O) groups is 2. The second-order valence-electron chi connectivity index (χ2n) is 5.95. The van der Waals surface area contributed by atoms with Crippen LogP contribution in [0.4, 0.5) is 0 Å². The first kappa shape index (κ1) is 16.1. The number of aliphatic carboxylic acids is 1. The van der Waals surface area contributed by atoms with Gasteiger partial charge in [0.2, 0.25) is 0 Å². The smallest absolute Gasteiger partial charge is 0.308 e. The minimum absolute atomic E-state index is 0.0170. The number of ether oxygens (including phenoxy) is 1. The van der Waals surface area contributed by atoms with E-state index in [2.05, 4.69) is 0 Å². The number of carbonyl (C=O) groups excluding carboxylic acids is 1. The number of nitrogens with zero attached hydrogens (tertiary/aromatic N) is 1. The fourth-order valence-corrected chi connectivity index (χ4v) is 2.83. The molecule has 0 aliphatic carbocycles. The van der Waals surface area contributed by atoms with E-state index in [1.165, 1.54) is 0 Å². The summed E-state index contributed by atoms with van der Waals surface area (Å²) in [7, 11) is 0. The Balaban J connectivity index is 1.72. The molecule has 24 heavy (non-hydrogen) atoms. The average molecular weight is 329 g/mol. The summed E-state index contributed by atoms with van der Waals surface area (Å²) in [6.45, 7) is 2.12. The van der Waals surface area contributed by atoms with Crippen molar-refractivity contribution in [2.24, 2.45) is 5.92 Å². The summed E-state index contributed by atoms with van der Waals surface area (Å²) in [4.78, 5) is 25.4. The Labute approximate surface area is 139 Å². The highest BCUT2D eigenvalue weighted by atomic mass is 16.6. The lowest BCUT2D eigenvalue weighted by atomic mass is 9.93.